The van der Waals surface area contributed by atoms with Gasteiger partial charge in [0.05, 0.1) is 12.2 Å². The minimum atomic E-state index is -0.0928. The van der Waals surface area contributed by atoms with Crippen LogP contribution in [0, 0.1) is 0 Å². The van der Waals surface area contributed by atoms with Crippen molar-refractivity contribution in [2.45, 2.75) is 231 Å². The molecule has 0 bridgehead atoms. The maximum absolute atomic E-state index is 10.1. The summed E-state index contributed by atoms with van der Waals surface area (Å²) in [6.07, 6.45) is 42.2. The molecule has 0 aliphatic rings. The molecule has 0 aromatic heterocycles. The van der Waals surface area contributed by atoms with Crippen molar-refractivity contribution in [3.63, 3.8) is 0 Å². The zero-order chi connectivity index (χ0) is 30.6. The van der Waals surface area contributed by atoms with E-state index >= 15 is 0 Å². The largest absolute Gasteiger partial charge is 0.396 e. The molecule has 0 spiro atoms. The molecule has 0 saturated heterocycles. The first-order valence-corrected chi connectivity index (χ1v) is 19.3. The van der Waals surface area contributed by atoms with Gasteiger partial charge >= 0.3 is 0 Å². The first-order valence-electron chi connectivity index (χ1n) is 19.3. The first kappa shape index (κ1) is 41.8. The molecule has 42 heavy (non-hydrogen) atoms. The Labute approximate surface area is 263 Å². The third-order valence-electron chi connectivity index (χ3n) is 9.22. The Bertz CT molecular complexity index is 430. The quantitative estimate of drug-likeness (QED) is 0.0536. The molecule has 2 unspecified atom stereocenters. The Morgan fingerprint density at radius 1 is 0.214 bits per heavy atom. The van der Waals surface area contributed by atoms with Gasteiger partial charge in [0.2, 0.25) is 0 Å². The fraction of sp³-hybridized carbons (Fsp3) is 1.00. The number of hydrogen-bond acceptors (Lipinski definition) is 4. The molecule has 0 saturated carbocycles. The lowest BCUT2D eigenvalue weighted by atomic mass is 10.0. The fourth-order valence-corrected chi connectivity index (χ4v) is 6.27. The summed E-state index contributed by atoms with van der Waals surface area (Å²) in [4.78, 5) is 0. The van der Waals surface area contributed by atoms with Crippen LogP contribution in [-0.2, 0) is 0 Å². The second kappa shape index (κ2) is 37.0. The molecule has 4 nitrogen and oxygen atoms in total. The minimum Gasteiger partial charge on any atom is -0.396 e. The highest BCUT2D eigenvalue weighted by Crippen LogP contribution is 2.17. The Hall–Kier alpha value is -0.160. The lowest BCUT2D eigenvalue weighted by Gasteiger charge is -2.10. The van der Waals surface area contributed by atoms with Crippen LogP contribution in [-0.4, -0.2) is 45.8 Å². The van der Waals surface area contributed by atoms with Gasteiger partial charge in [-0.3, -0.25) is 0 Å². The van der Waals surface area contributed by atoms with E-state index in [-0.39, 0.29) is 12.2 Å². The van der Waals surface area contributed by atoms with Crippen molar-refractivity contribution in [3.05, 3.63) is 0 Å². The third-order valence-corrected chi connectivity index (χ3v) is 9.22. The highest BCUT2D eigenvalue weighted by Gasteiger charge is 2.05. The fourth-order valence-electron chi connectivity index (χ4n) is 6.27. The molecule has 0 amide bonds. The minimum absolute atomic E-state index is 0.0928. The molecule has 0 aromatic carbocycles. The van der Waals surface area contributed by atoms with Gasteiger partial charge < -0.3 is 20.4 Å². The van der Waals surface area contributed by atoms with Crippen molar-refractivity contribution in [2.75, 3.05) is 13.2 Å². The van der Waals surface area contributed by atoms with Crippen molar-refractivity contribution in [1.29, 1.82) is 0 Å². The third kappa shape index (κ3) is 36.0. The standard InChI is InChI=1S/C38H78O4/c39-35-29-23-17-21-27-33-37(41)31-25-19-15-13-11-9-7-5-3-1-2-4-6-8-10-12-14-16-20-26-32-38(42)34-28-22-18-24-30-36-40/h37-42H,1-36H2. The molecule has 0 aliphatic carbocycles. The van der Waals surface area contributed by atoms with Gasteiger partial charge in [-0.1, -0.05) is 180 Å². The topological polar surface area (TPSA) is 80.9 Å². The van der Waals surface area contributed by atoms with Crippen molar-refractivity contribution >= 4 is 0 Å². The van der Waals surface area contributed by atoms with E-state index in [1.165, 1.54) is 154 Å². The van der Waals surface area contributed by atoms with E-state index in [4.69, 9.17) is 10.2 Å². The summed E-state index contributed by atoms with van der Waals surface area (Å²) in [5.41, 5.74) is 0. The van der Waals surface area contributed by atoms with Crippen LogP contribution in [0.15, 0.2) is 0 Å². The summed E-state index contributed by atoms with van der Waals surface area (Å²) in [7, 11) is 0. The summed E-state index contributed by atoms with van der Waals surface area (Å²) < 4.78 is 0. The van der Waals surface area contributed by atoms with Crippen LogP contribution in [0.3, 0.4) is 0 Å². The van der Waals surface area contributed by atoms with Gasteiger partial charge in [-0.2, -0.15) is 0 Å². The van der Waals surface area contributed by atoms with Gasteiger partial charge in [0, 0.05) is 13.2 Å². The average molecular weight is 599 g/mol. The van der Waals surface area contributed by atoms with E-state index in [0.29, 0.717) is 13.2 Å². The molecule has 2 atom stereocenters. The predicted octanol–water partition coefficient (Wildman–Crippen LogP) is 11.0. The van der Waals surface area contributed by atoms with Crippen LogP contribution in [0.4, 0.5) is 0 Å². The van der Waals surface area contributed by atoms with Gasteiger partial charge in [-0.25, -0.2) is 0 Å². The van der Waals surface area contributed by atoms with E-state index in [2.05, 4.69) is 0 Å². The van der Waals surface area contributed by atoms with Crippen LogP contribution >= 0.6 is 0 Å². The Morgan fingerprint density at radius 2 is 0.357 bits per heavy atom. The average Bonchev–Trinajstić information content (AvgIpc) is 2.99. The number of rotatable bonds is 37. The van der Waals surface area contributed by atoms with E-state index in [0.717, 1.165) is 64.2 Å². The molecule has 0 aliphatic heterocycles. The van der Waals surface area contributed by atoms with Gasteiger partial charge in [0.25, 0.3) is 0 Å². The van der Waals surface area contributed by atoms with E-state index in [1.54, 1.807) is 0 Å². The Kier molecular flexibility index (Phi) is 36.9. The van der Waals surface area contributed by atoms with Crippen LogP contribution in [0.1, 0.15) is 218 Å². The van der Waals surface area contributed by atoms with E-state index in [9.17, 15) is 10.2 Å². The second-order valence-electron chi connectivity index (χ2n) is 13.5. The van der Waals surface area contributed by atoms with Crippen LogP contribution in [0.25, 0.3) is 0 Å². The molecule has 0 aromatic rings. The van der Waals surface area contributed by atoms with Crippen molar-refractivity contribution in [1.82, 2.24) is 0 Å². The number of aliphatic hydroxyl groups is 4. The zero-order valence-corrected chi connectivity index (χ0v) is 28.4. The normalized spacial score (nSPS) is 13.1. The molecule has 0 rings (SSSR count). The number of aliphatic hydroxyl groups excluding tert-OH is 4. The van der Waals surface area contributed by atoms with Crippen LogP contribution in [0.2, 0.25) is 0 Å². The van der Waals surface area contributed by atoms with E-state index in [1.807, 2.05) is 0 Å². The van der Waals surface area contributed by atoms with E-state index < -0.39 is 0 Å². The zero-order valence-electron chi connectivity index (χ0n) is 28.4. The summed E-state index contributed by atoms with van der Waals surface area (Å²) in [5.74, 6) is 0. The number of hydrogen-bond donors (Lipinski definition) is 4. The predicted molar refractivity (Wildman–Crippen MR) is 183 cm³/mol. The second-order valence-corrected chi connectivity index (χ2v) is 13.5. The number of unbranched alkanes of at least 4 members (excludes halogenated alkanes) is 27. The lowest BCUT2D eigenvalue weighted by Crippen LogP contribution is -2.05. The Balaban J connectivity index is 3.15. The van der Waals surface area contributed by atoms with Gasteiger partial charge in [0.15, 0.2) is 0 Å². The van der Waals surface area contributed by atoms with Gasteiger partial charge in [-0.15, -0.1) is 0 Å². The summed E-state index contributed by atoms with van der Waals surface area (Å²) in [5, 5.41) is 37.8. The maximum atomic E-state index is 10.1. The van der Waals surface area contributed by atoms with Crippen LogP contribution < -0.4 is 0 Å². The SMILES string of the molecule is OCCCCCCCC(O)CCCCCCCCCCCCCCCCCCCCCCC(O)CCCCCCCO. The van der Waals surface area contributed by atoms with Crippen molar-refractivity contribution < 1.29 is 20.4 Å². The molecule has 0 heterocycles. The van der Waals surface area contributed by atoms with Crippen molar-refractivity contribution in [3.8, 4) is 0 Å². The Morgan fingerprint density at radius 3 is 0.524 bits per heavy atom. The molecule has 0 radical (unpaired) electrons. The summed E-state index contributed by atoms with van der Waals surface area (Å²) in [6, 6.07) is 0. The molecule has 0 fully saturated rings. The van der Waals surface area contributed by atoms with Crippen LogP contribution in [0.5, 0.6) is 0 Å². The molecule has 254 valence electrons. The highest BCUT2D eigenvalue weighted by molar-refractivity contribution is 4.59. The molecule has 4 heteroatoms. The molecular formula is C38H78O4. The smallest absolute Gasteiger partial charge is 0.0540 e. The van der Waals surface area contributed by atoms with Gasteiger partial charge in [-0.05, 0) is 38.5 Å². The van der Waals surface area contributed by atoms with Gasteiger partial charge in [0.1, 0.15) is 0 Å². The molecular weight excluding hydrogens is 520 g/mol. The monoisotopic (exact) mass is 599 g/mol. The summed E-state index contributed by atoms with van der Waals surface area (Å²) in [6.45, 7) is 0.630. The van der Waals surface area contributed by atoms with Crippen molar-refractivity contribution in [2.24, 2.45) is 0 Å². The highest BCUT2D eigenvalue weighted by atomic mass is 16.3. The lowest BCUT2D eigenvalue weighted by molar-refractivity contribution is 0.146. The molecule has 4 N–H and O–H groups in total. The first-order chi connectivity index (χ1) is 20.7. The summed E-state index contributed by atoms with van der Waals surface area (Å²) >= 11 is 0. The maximum Gasteiger partial charge on any atom is 0.0540 e.